The Morgan fingerprint density at radius 3 is 2.39 bits per heavy atom. The Kier molecular flexibility index (Phi) is 4.46. The Hall–Kier alpha value is -0.380. The van der Waals surface area contributed by atoms with Crippen LogP contribution in [0.15, 0.2) is 17.5 Å². The molecule has 0 saturated heterocycles. The smallest absolute Gasteiger partial charge is 0.0581 e. The Labute approximate surface area is 115 Å². The van der Waals surface area contributed by atoms with Crippen molar-refractivity contribution in [3.63, 3.8) is 0 Å². The van der Waals surface area contributed by atoms with E-state index in [1.165, 1.54) is 30.6 Å². The van der Waals surface area contributed by atoms with Crippen LogP contribution in [0.25, 0.3) is 0 Å². The van der Waals surface area contributed by atoms with Crippen LogP contribution in [0.2, 0.25) is 0 Å². The van der Waals surface area contributed by atoms with Gasteiger partial charge in [-0.3, -0.25) is 11.3 Å². The van der Waals surface area contributed by atoms with Gasteiger partial charge in [0.25, 0.3) is 0 Å². The van der Waals surface area contributed by atoms with E-state index in [2.05, 4.69) is 43.7 Å². The second kappa shape index (κ2) is 5.72. The molecule has 0 aliphatic heterocycles. The lowest BCUT2D eigenvalue weighted by Crippen LogP contribution is -2.36. The standard InChI is InChI=1S/C15H26N2S/c1-15(2,3)12-8-6-11(7-9-12)14(17-16)13-5-4-10-18-13/h4-5,10-12,14,17H,6-9,16H2,1-3H3. The van der Waals surface area contributed by atoms with E-state index in [0.717, 1.165) is 5.92 Å². The van der Waals surface area contributed by atoms with Gasteiger partial charge in [0.05, 0.1) is 6.04 Å². The van der Waals surface area contributed by atoms with Crippen LogP contribution in [0.5, 0.6) is 0 Å². The minimum Gasteiger partial charge on any atom is -0.271 e. The van der Waals surface area contributed by atoms with Gasteiger partial charge < -0.3 is 0 Å². The van der Waals surface area contributed by atoms with E-state index in [4.69, 9.17) is 5.84 Å². The fourth-order valence-electron chi connectivity index (χ4n) is 3.24. The molecule has 1 saturated carbocycles. The molecule has 1 atom stereocenters. The van der Waals surface area contributed by atoms with Crippen molar-refractivity contribution in [3.8, 4) is 0 Å². The molecule has 0 bridgehead atoms. The largest absolute Gasteiger partial charge is 0.271 e. The van der Waals surface area contributed by atoms with Gasteiger partial charge in [0, 0.05) is 4.88 Å². The first-order valence-electron chi connectivity index (χ1n) is 7.02. The van der Waals surface area contributed by atoms with E-state index < -0.39 is 0 Å². The summed E-state index contributed by atoms with van der Waals surface area (Å²) in [5.41, 5.74) is 3.50. The van der Waals surface area contributed by atoms with Crippen molar-refractivity contribution in [2.45, 2.75) is 52.5 Å². The summed E-state index contributed by atoms with van der Waals surface area (Å²) in [4.78, 5) is 1.39. The predicted molar refractivity (Wildman–Crippen MR) is 79.3 cm³/mol. The SMILES string of the molecule is CC(C)(C)C1CCC(C(NN)c2cccs2)CC1. The zero-order chi connectivity index (χ0) is 13.2. The molecule has 2 rings (SSSR count). The van der Waals surface area contributed by atoms with Gasteiger partial charge in [-0.25, -0.2) is 0 Å². The van der Waals surface area contributed by atoms with Gasteiger partial charge in [-0.15, -0.1) is 11.3 Å². The minimum absolute atomic E-state index is 0.353. The van der Waals surface area contributed by atoms with Gasteiger partial charge in [0.15, 0.2) is 0 Å². The number of hydrazine groups is 1. The van der Waals surface area contributed by atoms with E-state index in [9.17, 15) is 0 Å². The number of thiophene rings is 1. The molecule has 1 aromatic rings. The summed E-state index contributed by atoms with van der Waals surface area (Å²) in [6, 6.07) is 4.67. The van der Waals surface area contributed by atoms with Crippen molar-refractivity contribution < 1.29 is 0 Å². The lowest BCUT2D eigenvalue weighted by Gasteiger charge is -2.39. The summed E-state index contributed by atoms with van der Waals surface area (Å²) in [7, 11) is 0. The second-order valence-corrected chi connectivity index (χ2v) is 7.62. The fourth-order valence-corrected chi connectivity index (χ4v) is 4.12. The first-order chi connectivity index (χ1) is 8.52. The topological polar surface area (TPSA) is 38.0 Å². The molecule has 2 nitrogen and oxygen atoms in total. The molecule has 0 amide bonds. The molecule has 1 aliphatic carbocycles. The zero-order valence-electron chi connectivity index (χ0n) is 11.8. The van der Waals surface area contributed by atoms with Gasteiger partial charge in [-0.1, -0.05) is 26.8 Å². The van der Waals surface area contributed by atoms with Crippen LogP contribution in [0.3, 0.4) is 0 Å². The van der Waals surface area contributed by atoms with Crippen molar-refractivity contribution in [2.24, 2.45) is 23.1 Å². The van der Waals surface area contributed by atoms with Gasteiger partial charge >= 0.3 is 0 Å². The maximum Gasteiger partial charge on any atom is 0.0581 e. The van der Waals surface area contributed by atoms with Crippen LogP contribution in [0.1, 0.15) is 57.4 Å². The summed E-state index contributed by atoms with van der Waals surface area (Å²) >= 11 is 1.81. The van der Waals surface area contributed by atoms with E-state index in [1.807, 2.05) is 11.3 Å². The predicted octanol–water partition coefficient (Wildman–Crippen LogP) is 4.11. The molecule has 0 spiro atoms. The van der Waals surface area contributed by atoms with Gasteiger partial charge in [-0.05, 0) is 54.4 Å². The lowest BCUT2D eigenvalue weighted by atomic mass is 9.68. The van der Waals surface area contributed by atoms with Crippen LogP contribution in [-0.2, 0) is 0 Å². The summed E-state index contributed by atoms with van der Waals surface area (Å²) in [6.45, 7) is 7.11. The van der Waals surface area contributed by atoms with E-state index in [-0.39, 0.29) is 0 Å². The van der Waals surface area contributed by atoms with Crippen LogP contribution in [-0.4, -0.2) is 0 Å². The normalized spacial score (nSPS) is 27.1. The fraction of sp³-hybridized carbons (Fsp3) is 0.733. The number of hydrogen-bond donors (Lipinski definition) is 2. The molecule has 18 heavy (non-hydrogen) atoms. The zero-order valence-corrected chi connectivity index (χ0v) is 12.6. The first-order valence-corrected chi connectivity index (χ1v) is 7.90. The molecular formula is C15H26N2S. The van der Waals surface area contributed by atoms with Crippen LogP contribution >= 0.6 is 11.3 Å². The van der Waals surface area contributed by atoms with Crippen LogP contribution in [0, 0.1) is 17.3 Å². The van der Waals surface area contributed by atoms with E-state index in [0.29, 0.717) is 17.4 Å². The average Bonchev–Trinajstić information content (AvgIpc) is 2.83. The number of hydrogen-bond acceptors (Lipinski definition) is 3. The molecule has 1 fully saturated rings. The maximum atomic E-state index is 5.77. The third kappa shape index (κ3) is 3.14. The number of rotatable bonds is 3. The van der Waals surface area contributed by atoms with Gasteiger partial charge in [0.2, 0.25) is 0 Å². The molecule has 1 aromatic heterocycles. The van der Waals surface area contributed by atoms with Crippen LogP contribution in [0.4, 0.5) is 0 Å². The molecule has 1 aliphatic rings. The van der Waals surface area contributed by atoms with Crippen molar-refractivity contribution in [1.82, 2.24) is 5.43 Å². The van der Waals surface area contributed by atoms with E-state index in [1.54, 1.807) is 0 Å². The van der Waals surface area contributed by atoms with Crippen molar-refractivity contribution >= 4 is 11.3 Å². The lowest BCUT2D eigenvalue weighted by molar-refractivity contribution is 0.133. The average molecular weight is 266 g/mol. The van der Waals surface area contributed by atoms with Crippen LogP contribution < -0.4 is 11.3 Å². The third-order valence-electron chi connectivity index (χ3n) is 4.50. The van der Waals surface area contributed by atoms with Crippen molar-refractivity contribution in [2.75, 3.05) is 0 Å². The molecule has 1 unspecified atom stereocenters. The van der Waals surface area contributed by atoms with E-state index >= 15 is 0 Å². The molecular weight excluding hydrogens is 240 g/mol. The molecule has 3 heteroatoms. The Bertz CT molecular complexity index is 345. The van der Waals surface area contributed by atoms with Crippen molar-refractivity contribution in [3.05, 3.63) is 22.4 Å². The Balaban J connectivity index is 1.96. The highest BCUT2D eigenvalue weighted by Gasteiger charge is 2.33. The van der Waals surface area contributed by atoms with Gasteiger partial charge in [-0.2, -0.15) is 0 Å². The highest BCUT2D eigenvalue weighted by atomic mass is 32.1. The Morgan fingerprint density at radius 2 is 1.94 bits per heavy atom. The monoisotopic (exact) mass is 266 g/mol. The minimum atomic E-state index is 0.353. The summed E-state index contributed by atoms with van der Waals surface area (Å²) in [6.07, 6.45) is 5.29. The maximum absolute atomic E-state index is 5.77. The number of nitrogens with one attached hydrogen (secondary N) is 1. The first kappa shape index (κ1) is 14.0. The third-order valence-corrected chi connectivity index (χ3v) is 5.45. The number of nitrogens with two attached hydrogens (primary N) is 1. The second-order valence-electron chi connectivity index (χ2n) is 6.64. The van der Waals surface area contributed by atoms with Crippen molar-refractivity contribution in [1.29, 1.82) is 0 Å². The summed E-state index contributed by atoms with van der Waals surface area (Å²) < 4.78 is 0. The quantitative estimate of drug-likeness (QED) is 0.638. The molecule has 3 N–H and O–H groups in total. The van der Waals surface area contributed by atoms with Gasteiger partial charge in [0.1, 0.15) is 0 Å². The molecule has 102 valence electrons. The highest BCUT2D eigenvalue weighted by Crippen LogP contribution is 2.43. The molecule has 0 aromatic carbocycles. The molecule has 1 heterocycles. The summed E-state index contributed by atoms with van der Waals surface area (Å²) in [5, 5.41) is 2.14. The summed E-state index contributed by atoms with van der Waals surface area (Å²) in [5.74, 6) is 7.34. The molecule has 0 radical (unpaired) electrons. The Morgan fingerprint density at radius 1 is 1.28 bits per heavy atom. The highest BCUT2D eigenvalue weighted by molar-refractivity contribution is 7.10.